The van der Waals surface area contributed by atoms with E-state index in [0.29, 0.717) is 31.6 Å². The number of thioether (sulfide) groups is 1. The molecule has 0 spiro atoms. The molecular weight excluding hydrogens is 379 g/mol. The maximum absolute atomic E-state index is 12.2. The largest absolute Gasteiger partial charge is 0.494 e. The molecule has 0 aliphatic carbocycles. The Balaban J connectivity index is 1.90. The third-order valence-corrected chi connectivity index (χ3v) is 4.93. The van der Waals surface area contributed by atoms with Gasteiger partial charge in [0, 0.05) is 10.0 Å². The van der Waals surface area contributed by atoms with Gasteiger partial charge in [-0.1, -0.05) is 35.3 Å². The predicted octanol–water partition coefficient (Wildman–Crippen LogP) is 5.20. The number of hydrogen-bond acceptors (Lipinski definition) is 4. The van der Waals surface area contributed by atoms with Gasteiger partial charge in [-0.2, -0.15) is 0 Å². The number of amides is 1. The molecule has 3 rings (SSSR count). The lowest BCUT2D eigenvalue weighted by Gasteiger charge is -2.05. The molecule has 128 valence electrons. The number of amidine groups is 1. The number of ether oxygens (including phenoxy) is 1. The number of methoxy groups -OCH3 is 1. The topological polar surface area (TPSA) is 50.7 Å². The van der Waals surface area contributed by atoms with Crippen molar-refractivity contribution < 1.29 is 9.53 Å². The first-order valence-electron chi connectivity index (χ1n) is 7.35. The zero-order valence-electron chi connectivity index (χ0n) is 13.5. The third kappa shape index (κ3) is 4.18. The molecule has 1 N–H and O–H groups in total. The number of hydrogen-bond donors (Lipinski definition) is 1. The van der Waals surface area contributed by atoms with Gasteiger partial charge in [0.2, 0.25) is 0 Å². The van der Waals surface area contributed by atoms with E-state index in [9.17, 15) is 4.79 Å². The monoisotopic (exact) mass is 392 g/mol. The van der Waals surface area contributed by atoms with E-state index in [0.717, 1.165) is 11.1 Å². The van der Waals surface area contributed by atoms with E-state index in [1.165, 1.54) is 11.8 Å². The first kappa shape index (κ1) is 17.9. The van der Waals surface area contributed by atoms with Crippen molar-refractivity contribution in [3.8, 4) is 5.75 Å². The smallest absolute Gasteiger partial charge is 0.264 e. The Labute approximate surface area is 159 Å². The molecule has 7 heteroatoms. The van der Waals surface area contributed by atoms with Gasteiger partial charge in [0.25, 0.3) is 5.91 Å². The molecule has 1 aliphatic rings. The van der Waals surface area contributed by atoms with E-state index in [2.05, 4.69) is 10.3 Å². The SMILES string of the molecule is COc1ccc(C)cc1N=C1NC(=O)/C(=C/c2ccc(Cl)cc2Cl)S1. The highest BCUT2D eigenvalue weighted by molar-refractivity contribution is 8.18. The van der Waals surface area contributed by atoms with Gasteiger partial charge in [0.15, 0.2) is 5.17 Å². The number of rotatable bonds is 3. The Kier molecular flexibility index (Phi) is 5.37. The lowest BCUT2D eigenvalue weighted by atomic mass is 10.2. The molecule has 1 aliphatic heterocycles. The van der Waals surface area contributed by atoms with Crippen LogP contribution in [0.1, 0.15) is 11.1 Å². The number of aryl methyl sites for hydroxylation is 1. The minimum absolute atomic E-state index is 0.221. The number of benzene rings is 2. The third-order valence-electron chi connectivity index (χ3n) is 3.46. The number of halogens is 2. The maximum Gasteiger partial charge on any atom is 0.264 e. The Hall–Kier alpha value is -1.95. The molecule has 1 heterocycles. The molecule has 25 heavy (non-hydrogen) atoms. The molecule has 0 saturated carbocycles. The molecule has 0 aromatic heterocycles. The number of carbonyl (C=O) groups excluding carboxylic acids is 1. The van der Waals surface area contributed by atoms with Gasteiger partial charge in [-0.15, -0.1) is 0 Å². The highest BCUT2D eigenvalue weighted by Gasteiger charge is 2.24. The molecule has 4 nitrogen and oxygen atoms in total. The Morgan fingerprint density at radius 2 is 2.00 bits per heavy atom. The van der Waals surface area contributed by atoms with E-state index < -0.39 is 0 Å². The van der Waals surface area contributed by atoms with Crippen LogP contribution < -0.4 is 10.1 Å². The second-order valence-electron chi connectivity index (χ2n) is 5.32. The highest BCUT2D eigenvalue weighted by atomic mass is 35.5. The van der Waals surface area contributed by atoms with Gasteiger partial charge in [0.05, 0.1) is 12.0 Å². The predicted molar refractivity (Wildman–Crippen MR) is 105 cm³/mol. The number of carbonyl (C=O) groups is 1. The summed E-state index contributed by atoms with van der Waals surface area (Å²) >= 11 is 13.3. The first-order chi connectivity index (χ1) is 12.0. The Morgan fingerprint density at radius 3 is 2.72 bits per heavy atom. The summed E-state index contributed by atoms with van der Waals surface area (Å²) in [5, 5.41) is 4.28. The molecule has 0 radical (unpaired) electrons. The first-order valence-corrected chi connectivity index (χ1v) is 8.93. The van der Waals surface area contributed by atoms with Crippen molar-refractivity contribution in [1.82, 2.24) is 5.32 Å². The summed E-state index contributed by atoms with van der Waals surface area (Å²) in [5.74, 6) is 0.424. The average molecular weight is 393 g/mol. The minimum Gasteiger partial charge on any atom is -0.494 e. The zero-order valence-corrected chi connectivity index (χ0v) is 15.8. The number of aliphatic imine (C=N–C) groups is 1. The standard InChI is InChI=1S/C18H14Cl2N2O2S/c1-10-3-6-15(24-2)14(7-10)21-18-22-17(23)16(25-18)8-11-4-5-12(19)9-13(11)20/h3-9H,1-2H3,(H,21,22,23)/b16-8-. The summed E-state index contributed by atoms with van der Waals surface area (Å²) in [5.41, 5.74) is 2.44. The molecule has 0 bridgehead atoms. The van der Waals surface area contributed by atoms with Crippen LogP contribution in [0.2, 0.25) is 10.0 Å². The van der Waals surface area contributed by atoms with E-state index in [1.54, 1.807) is 31.4 Å². The molecule has 2 aromatic rings. The van der Waals surface area contributed by atoms with Gasteiger partial charge in [-0.3, -0.25) is 4.79 Å². The second kappa shape index (κ2) is 7.52. The zero-order chi connectivity index (χ0) is 18.0. The van der Waals surface area contributed by atoms with E-state index in [-0.39, 0.29) is 5.91 Å². The average Bonchev–Trinajstić information content (AvgIpc) is 2.90. The van der Waals surface area contributed by atoms with Crippen molar-refractivity contribution in [2.75, 3.05) is 7.11 Å². The molecule has 0 unspecified atom stereocenters. The summed E-state index contributed by atoms with van der Waals surface area (Å²) in [7, 11) is 1.59. The van der Waals surface area contributed by atoms with Crippen molar-refractivity contribution in [3.63, 3.8) is 0 Å². The molecule has 2 aromatic carbocycles. The molecule has 0 atom stereocenters. The van der Waals surface area contributed by atoms with Gasteiger partial charge in [-0.05, 0) is 60.2 Å². The van der Waals surface area contributed by atoms with Crippen LogP contribution in [0.25, 0.3) is 6.08 Å². The van der Waals surface area contributed by atoms with E-state index in [1.807, 2.05) is 25.1 Å². The van der Waals surface area contributed by atoms with Gasteiger partial charge < -0.3 is 10.1 Å². The highest BCUT2D eigenvalue weighted by Crippen LogP contribution is 2.33. The van der Waals surface area contributed by atoms with Gasteiger partial charge in [-0.25, -0.2) is 4.99 Å². The second-order valence-corrected chi connectivity index (χ2v) is 7.20. The minimum atomic E-state index is -0.221. The van der Waals surface area contributed by atoms with Crippen molar-refractivity contribution in [2.45, 2.75) is 6.92 Å². The normalized spacial score (nSPS) is 17.2. The molecule has 1 amide bonds. The number of nitrogens with zero attached hydrogens (tertiary/aromatic N) is 1. The van der Waals surface area contributed by atoms with Crippen molar-refractivity contribution in [2.24, 2.45) is 4.99 Å². The Bertz CT molecular complexity index is 910. The van der Waals surface area contributed by atoms with Crippen LogP contribution in [0, 0.1) is 6.92 Å². The van der Waals surface area contributed by atoms with Crippen molar-refractivity contribution in [3.05, 3.63) is 62.5 Å². The van der Waals surface area contributed by atoms with Crippen LogP contribution in [0.15, 0.2) is 46.3 Å². The van der Waals surface area contributed by atoms with E-state index in [4.69, 9.17) is 27.9 Å². The lowest BCUT2D eigenvalue weighted by Crippen LogP contribution is -2.19. The number of nitrogens with one attached hydrogen (secondary N) is 1. The molecule has 1 fully saturated rings. The lowest BCUT2D eigenvalue weighted by molar-refractivity contribution is -0.115. The van der Waals surface area contributed by atoms with Gasteiger partial charge >= 0.3 is 0 Å². The molecule has 1 saturated heterocycles. The van der Waals surface area contributed by atoms with Gasteiger partial charge in [0.1, 0.15) is 11.4 Å². The Morgan fingerprint density at radius 1 is 1.20 bits per heavy atom. The van der Waals surface area contributed by atoms with Crippen molar-refractivity contribution >= 4 is 57.8 Å². The fourth-order valence-electron chi connectivity index (χ4n) is 2.24. The summed E-state index contributed by atoms with van der Waals surface area (Å²) in [6, 6.07) is 10.8. The summed E-state index contributed by atoms with van der Waals surface area (Å²) in [4.78, 5) is 17.2. The van der Waals surface area contributed by atoms with Crippen LogP contribution in [0.3, 0.4) is 0 Å². The van der Waals surface area contributed by atoms with Crippen LogP contribution >= 0.6 is 35.0 Å². The summed E-state index contributed by atoms with van der Waals surface area (Å²) in [6.07, 6.45) is 1.72. The quantitative estimate of drug-likeness (QED) is 0.729. The molecular formula is C18H14Cl2N2O2S. The van der Waals surface area contributed by atoms with Crippen LogP contribution in [0.4, 0.5) is 5.69 Å². The fourth-order valence-corrected chi connectivity index (χ4v) is 3.53. The fraction of sp³-hybridized carbons (Fsp3) is 0.111. The van der Waals surface area contributed by atoms with Crippen molar-refractivity contribution in [1.29, 1.82) is 0 Å². The summed E-state index contributed by atoms with van der Waals surface area (Å²) in [6.45, 7) is 1.97. The maximum atomic E-state index is 12.2. The van der Waals surface area contributed by atoms with Crippen LogP contribution in [-0.4, -0.2) is 18.2 Å². The summed E-state index contributed by atoms with van der Waals surface area (Å²) < 4.78 is 5.31. The van der Waals surface area contributed by atoms with Crippen LogP contribution in [-0.2, 0) is 4.79 Å². The van der Waals surface area contributed by atoms with E-state index >= 15 is 0 Å². The van der Waals surface area contributed by atoms with Crippen LogP contribution in [0.5, 0.6) is 5.75 Å².